The van der Waals surface area contributed by atoms with Gasteiger partial charge in [0.25, 0.3) is 11.1 Å². The summed E-state index contributed by atoms with van der Waals surface area (Å²) in [5.41, 5.74) is 6.27. The molecule has 3 aromatic heterocycles. The van der Waals surface area contributed by atoms with Crippen LogP contribution in [0.25, 0.3) is 0 Å². The number of anilines is 2. The fraction of sp³-hybridized carbons (Fsp3) is 0.311. The quantitative estimate of drug-likeness (QED) is 0.0883. The summed E-state index contributed by atoms with van der Waals surface area (Å²) < 4.78 is 0. The van der Waals surface area contributed by atoms with Gasteiger partial charge in [-0.15, -0.1) is 0 Å². The lowest BCUT2D eigenvalue weighted by Gasteiger charge is -2.38. The number of aromatic amines is 2. The van der Waals surface area contributed by atoms with E-state index < -0.39 is 11.8 Å². The van der Waals surface area contributed by atoms with Crippen LogP contribution in [0, 0.1) is 10.8 Å². The van der Waals surface area contributed by atoms with Gasteiger partial charge >= 0.3 is 0 Å². The van der Waals surface area contributed by atoms with E-state index >= 15 is 0 Å². The summed E-state index contributed by atoms with van der Waals surface area (Å²) in [4.78, 5) is 75.4. The van der Waals surface area contributed by atoms with Crippen LogP contribution in [-0.2, 0) is 21.1 Å². The van der Waals surface area contributed by atoms with Crippen LogP contribution in [0.5, 0.6) is 0 Å². The van der Waals surface area contributed by atoms with Gasteiger partial charge in [0.15, 0.2) is 21.9 Å². The number of pyridine rings is 1. The minimum atomic E-state index is -0.499. The number of carbonyl (C=O) groups excluding carboxylic acids is 2. The molecule has 9 rings (SSSR count). The highest BCUT2D eigenvalue weighted by Crippen LogP contribution is 2.49. The van der Waals surface area contributed by atoms with Crippen LogP contribution >= 0.6 is 23.5 Å². The van der Waals surface area contributed by atoms with E-state index in [0.29, 0.717) is 81.4 Å². The lowest BCUT2D eigenvalue weighted by molar-refractivity contribution is -0.119. The Morgan fingerprint density at radius 3 is 1.38 bits per heavy atom. The number of nitrogens with zero attached hydrogens (tertiary/aromatic N) is 3. The average Bonchev–Trinajstić information content (AvgIpc) is 3.17. The average molecular weight is 810 g/mol. The van der Waals surface area contributed by atoms with E-state index in [2.05, 4.69) is 48.3 Å². The topological polar surface area (TPSA) is 163 Å². The van der Waals surface area contributed by atoms with Crippen molar-refractivity contribution in [3.63, 3.8) is 0 Å². The zero-order valence-corrected chi connectivity index (χ0v) is 34.3. The fourth-order valence-electron chi connectivity index (χ4n) is 8.86. The Morgan fingerprint density at radius 2 is 0.966 bits per heavy atom. The summed E-state index contributed by atoms with van der Waals surface area (Å²) in [5, 5.41) is 7.71. The molecule has 2 aliphatic heterocycles. The number of H-pyrrole nitrogens is 2. The largest absolute Gasteiger partial charge is 0.343 e. The van der Waals surface area contributed by atoms with Gasteiger partial charge in [-0.25, -0.2) is 9.97 Å². The van der Waals surface area contributed by atoms with Crippen molar-refractivity contribution in [2.24, 2.45) is 10.8 Å². The standard InChI is InChI=1S/C45H43N7O4S2/c1-44(2)18-28-34(30(53)20-44)32(24-12-7-5-8-13-24)36-38(47-28)49-42(51-40(36)55)57-22-26-16-11-17-27(46-26)23-58-43-50-39-37(41(56)52-43)33(25-14-9-6-10-15-25)35-29(48-39)19-45(3,4)21-31(35)54/h5-17,32-33H,18-23H2,1-4H3,(H2,47,49,51,55)(H2,48,50,52,56). The number of aromatic nitrogens is 5. The molecule has 0 spiro atoms. The molecule has 4 aliphatic rings. The first-order valence-electron chi connectivity index (χ1n) is 19.5. The second kappa shape index (κ2) is 14.7. The molecule has 2 atom stereocenters. The van der Waals surface area contributed by atoms with Crippen molar-refractivity contribution in [2.45, 2.75) is 87.0 Å². The molecule has 5 aromatic rings. The molecule has 2 unspecified atom stereocenters. The third-order valence-electron chi connectivity index (χ3n) is 11.2. The first-order chi connectivity index (χ1) is 27.8. The van der Waals surface area contributed by atoms with E-state index in [1.807, 2.05) is 78.9 Å². The molecule has 0 saturated carbocycles. The lowest BCUT2D eigenvalue weighted by atomic mass is 9.69. The predicted molar refractivity (Wildman–Crippen MR) is 227 cm³/mol. The number of hydrogen-bond donors (Lipinski definition) is 4. The summed E-state index contributed by atoms with van der Waals surface area (Å²) in [7, 11) is 0. The molecule has 294 valence electrons. The van der Waals surface area contributed by atoms with Crippen molar-refractivity contribution in [2.75, 3.05) is 10.6 Å². The summed E-state index contributed by atoms with van der Waals surface area (Å²) >= 11 is 2.76. The molecule has 2 aromatic carbocycles. The smallest absolute Gasteiger partial charge is 0.257 e. The van der Waals surface area contributed by atoms with E-state index in [4.69, 9.17) is 15.0 Å². The van der Waals surface area contributed by atoms with Crippen molar-refractivity contribution in [3.8, 4) is 0 Å². The molecule has 0 bridgehead atoms. The molecule has 0 saturated heterocycles. The van der Waals surface area contributed by atoms with Gasteiger partial charge in [-0.3, -0.25) is 24.2 Å². The van der Waals surface area contributed by atoms with Gasteiger partial charge in [0, 0.05) is 58.7 Å². The van der Waals surface area contributed by atoms with Crippen molar-refractivity contribution < 1.29 is 9.59 Å². The third-order valence-corrected chi connectivity index (χ3v) is 13.1. The van der Waals surface area contributed by atoms with Crippen molar-refractivity contribution in [1.82, 2.24) is 24.9 Å². The van der Waals surface area contributed by atoms with Gasteiger partial charge in [0.1, 0.15) is 11.6 Å². The number of carbonyl (C=O) groups is 2. The molecule has 0 radical (unpaired) electrons. The van der Waals surface area contributed by atoms with Crippen molar-refractivity contribution >= 4 is 46.7 Å². The third kappa shape index (κ3) is 7.26. The molecule has 5 heterocycles. The highest BCUT2D eigenvalue weighted by Gasteiger charge is 2.44. The number of Topliss-reactive ketones (excluding diaryl/α,β-unsaturated/α-hetero) is 2. The number of benzene rings is 2. The van der Waals surface area contributed by atoms with Crippen LogP contribution in [-0.4, -0.2) is 36.5 Å². The van der Waals surface area contributed by atoms with E-state index in [1.165, 1.54) is 23.5 Å². The molecule has 11 nitrogen and oxygen atoms in total. The molecule has 0 amide bonds. The second-order valence-corrected chi connectivity index (χ2v) is 19.0. The number of ketones is 2. The van der Waals surface area contributed by atoms with Crippen LogP contribution in [0.3, 0.4) is 0 Å². The number of fused-ring (bicyclic) bond motifs is 2. The highest BCUT2D eigenvalue weighted by molar-refractivity contribution is 7.98. The van der Waals surface area contributed by atoms with Gasteiger partial charge in [-0.05, 0) is 46.9 Å². The van der Waals surface area contributed by atoms with Gasteiger partial charge in [-0.2, -0.15) is 0 Å². The normalized spacial score (nSPS) is 20.3. The van der Waals surface area contributed by atoms with Crippen LogP contribution in [0.1, 0.15) is 98.9 Å². The van der Waals surface area contributed by atoms with Gasteiger partial charge < -0.3 is 20.6 Å². The Balaban J connectivity index is 0.934. The number of rotatable bonds is 8. The van der Waals surface area contributed by atoms with Crippen LogP contribution < -0.4 is 21.8 Å². The van der Waals surface area contributed by atoms with Gasteiger partial charge in [0.05, 0.1) is 22.5 Å². The molecule has 13 heteroatoms. The van der Waals surface area contributed by atoms with E-state index in [-0.39, 0.29) is 33.5 Å². The van der Waals surface area contributed by atoms with Crippen molar-refractivity contribution in [3.05, 3.63) is 156 Å². The Hall–Kier alpha value is -5.53. The SMILES string of the molecule is CC1(C)CC(=O)C2=C(C1)Nc1nc(SCc3cccc(CSc4nc5c(c(=O)[nH]4)C(c4ccccc4)C4=C(CC(C)(C)CC4=O)N5)n3)[nH]c(=O)c1C2c1ccccc1. The predicted octanol–water partition coefficient (Wildman–Crippen LogP) is 8.23. The summed E-state index contributed by atoms with van der Waals surface area (Å²) in [6.07, 6.45) is 2.21. The van der Waals surface area contributed by atoms with Gasteiger partial charge in [0.2, 0.25) is 0 Å². The van der Waals surface area contributed by atoms with E-state index in [1.54, 1.807) is 0 Å². The number of allylic oxidation sites excluding steroid dienone is 4. The number of thioether (sulfide) groups is 2. The van der Waals surface area contributed by atoms with E-state index in [9.17, 15) is 19.2 Å². The summed E-state index contributed by atoms with van der Waals surface area (Å²) in [6.45, 7) is 8.35. The number of hydrogen-bond acceptors (Lipinski definition) is 11. The molecule has 4 N–H and O–H groups in total. The van der Waals surface area contributed by atoms with Crippen LogP contribution in [0.15, 0.2) is 121 Å². The van der Waals surface area contributed by atoms with Gasteiger partial charge in [-0.1, -0.05) is 118 Å². The lowest BCUT2D eigenvalue weighted by Crippen LogP contribution is -2.37. The molecule has 2 aliphatic carbocycles. The summed E-state index contributed by atoms with van der Waals surface area (Å²) in [6, 6.07) is 25.2. The minimum Gasteiger partial charge on any atom is -0.343 e. The molecule has 58 heavy (non-hydrogen) atoms. The molecular weight excluding hydrogens is 767 g/mol. The maximum Gasteiger partial charge on any atom is 0.257 e. The minimum absolute atomic E-state index is 0.0554. The number of nitrogens with one attached hydrogen (secondary N) is 4. The maximum atomic E-state index is 13.8. The Bertz CT molecular complexity index is 2500. The Kier molecular flexibility index (Phi) is 9.63. The zero-order valence-electron chi connectivity index (χ0n) is 32.7. The first-order valence-corrected chi connectivity index (χ1v) is 21.4. The maximum absolute atomic E-state index is 13.8. The van der Waals surface area contributed by atoms with Crippen LogP contribution in [0.2, 0.25) is 0 Å². The van der Waals surface area contributed by atoms with Crippen LogP contribution in [0.4, 0.5) is 11.6 Å². The Labute approximate surface area is 344 Å². The zero-order chi connectivity index (χ0) is 40.3. The monoisotopic (exact) mass is 809 g/mol. The summed E-state index contributed by atoms with van der Waals surface area (Å²) in [5.74, 6) is 0.969. The van der Waals surface area contributed by atoms with Crippen molar-refractivity contribution in [1.29, 1.82) is 0 Å². The molecule has 0 fully saturated rings. The second-order valence-electron chi connectivity index (χ2n) is 17.1. The Morgan fingerprint density at radius 1 is 0.552 bits per heavy atom. The fourth-order valence-corrected chi connectivity index (χ4v) is 10.4. The first kappa shape index (κ1) is 38.0. The highest BCUT2D eigenvalue weighted by atomic mass is 32.2. The molecular formula is C45H43N7O4S2. The van der Waals surface area contributed by atoms with E-state index in [0.717, 1.165) is 33.9 Å².